The van der Waals surface area contributed by atoms with Crippen molar-refractivity contribution >= 4 is 33.0 Å². The van der Waals surface area contributed by atoms with E-state index in [0.717, 1.165) is 18.5 Å². The number of carbonyl (C=O) groups excluding carboxylic acids is 1. The summed E-state index contributed by atoms with van der Waals surface area (Å²) in [6.45, 7) is 0.615. The van der Waals surface area contributed by atoms with Crippen LogP contribution in [0, 0.1) is 5.41 Å². The highest BCUT2D eigenvalue weighted by atomic mass is 32.1. The Morgan fingerprint density at radius 2 is 2.05 bits per heavy atom. The fourth-order valence-electron chi connectivity index (χ4n) is 3.35. The SMILES string of the molecule is NCC1(CC(=O)Nc2ccc3sccc3c2)CCCCC1. The summed E-state index contributed by atoms with van der Waals surface area (Å²) in [5, 5.41) is 6.30. The highest BCUT2D eigenvalue weighted by Gasteiger charge is 2.32. The number of carbonyl (C=O) groups is 1. The van der Waals surface area contributed by atoms with Crippen molar-refractivity contribution in [3.05, 3.63) is 29.6 Å². The van der Waals surface area contributed by atoms with Gasteiger partial charge in [0.25, 0.3) is 0 Å². The fourth-order valence-corrected chi connectivity index (χ4v) is 4.12. The van der Waals surface area contributed by atoms with Gasteiger partial charge in [0, 0.05) is 16.8 Å². The Hall–Kier alpha value is -1.39. The molecule has 3 rings (SSSR count). The highest BCUT2D eigenvalue weighted by molar-refractivity contribution is 7.17. The van der Waals surface area contributed by atoms with Gasteiger partial charge in [0.15, 0.2) is 0 Å². The van der Waals surface area contributed by atoms with E-state index >= 15 is 0 Å². The van der Waals surface area contributed by atoms with Gasteiger partial charge in [0.1, 0.15) is 0 Å². The lowest BCUT2D eigenvalue weighted by molar-refractivity contribution is -0.118. The molecule has 3 N–H and O–H groups in total. The minimum atomic E-state index is 0.0226. The Balaban J connectivity index is 1.67. The lowest BCUT2D eigenvalue weighted by Crippen LogP contribution is -2.36. The van der Waals surface area contributed by atoms with E-state index in [0.29, 0.717) is 13.0 Å². The van der Waals surface area contributed by atoms with Crippen LogP contribution in [0.1, 0.15) is 38.5 Å². The van der Waals surface area contributed by atoms with Crippen molar-refractivity contribution in [3.8, 4) is 0 Å². The third-order valence-corrected chi connectivity index (χ3v) is 5.52. The molecule has 2 aromatic rings. The van der Waals surface area contributed by atoms with Crippen LogP contribution < -0.4 is 11.1 Å². The zero-order chi connectivity index (χ0) is 14.7. The standard InChI is InChI=1S/C17H22N2OS/c18-12-17(7-2-1-3-8-17)11-16(20)19-14-4-5-15-13(10-14)6-9-21-15/h4-6,9-10H,1-3,7-8,11-12,18H2,(H,19,20). The van der Waals surface area contributed by atoms with Gasteiger partial charge in [0.2, 0.25) is 5.91 Å². The van der Waals surface area contributed by atoms with E-state index in [9.17, 15) is 4.79 Å². The molecule has 0 saturated heterocycles. The molecular formula is C17H22N2OS. The number of anilines is 1. The van der Waals surface area contributed by atoms with Crippen LogP contribution in [0.25, 0.3) is 10.1 Å². The molecule has 112 valence electrons. The normalized spacial score (nSPS) is 17.8. The average Bonchev–Trinajstić information content (AvgIpc) is 2.95. The predicted molar refractivity (Wildman–Crippen MR) is 89.6 cm³/mol. The number of nitrogens with two attached hydrogens (primary N) is 1. The second kappa shape index (κ2) is 6.16. The van der Waals surface area contributed by atoms with Crippen LogP contribution in [-0.2, 0) is 4.79 Å². The van der Waals surface area contributed by atoms with Gasteiger partial charge in [-0.2, -0.15) is 0 Å². The third-order valence-electron chi connectivity index (χ3n) is 4.62. The summed E-state index contributed by atoms with van der Waals surface area (Å²) in [7, 11) is 0. The molecule has 0 radical (unpaired) electrons. The summed E-state index contributed by atoms with van der Waals surface area (Å²) in [5.41, 5.74) is 6.87. The number of amides is 1. The summed E-state index contributed by atoms with van der Waals surface area (Å²) in [6.07, 6.45) is 6.39. The molecule has 1 heterocycles. The van der Waals surface area contributed by atoms with Gasteiger partial charge >= 0.3 is 0 Å². The van der Waals surface area contributed by atoms with E-state index in [4.69, 9.17) is 5.73 Å². The molecule has 1 saturated carbocycles. The first-order valence-corrected chi connectivity index (χ1v) is 8.56. The summed E-state index contributed by atoms with van der Waals surface area (Å²) < 4.78 is 1.25. The van der Waals surface area contributed by atoms with Gasteiger partial charge in [0.05, 0.1) is 0 Å². The Bertz CT molecular complexity index is 629. The minimum Gasteiger partial charge on any atom is -0.330 e. The maximum absolute atomic E-state index is 12.4. The highest BCUT2D eigenvalue weighted by Crippen LogP contribution is 2.38. The first-order valence-electron chi connectivity index (χ1n) is 7.68. The average molecular weight is 302 g/mol. The summed E-state index contributed by atoms with van der Waals surface area (Å²) in [5.74, 6) is 0.0944. The van der Waals surface area contributed by atoms with Gasteiger partial charge < -0.3 is 11.1 Å². The molecule has 3 nitrogen and oxygen atoms in total. The van der Waals surface area contributed by atoms with E-state index in [-0.39, 0.29) is 11.3 Å². The van der Waals surface area contributed by atoms with E-state index in [1.165, 1.54) is 29.3 Å². The van der Waals surface area contributed by atoms with E-state index in [2.05, 4.69) is 22.8 Å². The Morgan fingerprint density at radius 3 is 2.81 bits per heavy atom. The molecule has 1 aliphatic rings. The van der Waals surface area contributed by atoms with Gasteiger partial charge in [-0.1, -0.05) is 19.3 Å². The molecule has 0 spiro atoms. The lowest BCUT2D eigenvalue weighted by Gasteiger charge is -2.35. The van der Waals surface area contributed by atoms with Gasteiger partial charge in [-0.25, -0.2) is 0 Å². The van der Waals surface area contributed by atoms with Gasteiger partial charge in [-0.3, -0.25) is 4.79 Å². The molecular weight excluding hydrogens is 280 g/mol. The second-order valence-corrected chi connectivity index (χ2v) is 7.11. The van der Waals surface area contributed by atoms with Crippen molar-refractivity contribution in [1.82, 2.24) is 0 Å². The number of hydrogen-bond donors (Lipinski definition) is 2. The first-order chi connectivity index (χ1) is 10.2. The van der Waals surface area contributed by atoms with Crippen LogP contribution in [-0.4, -0.2) is 12.5 Å². The minimum absolute atomic E-state index is 0.0226. The topological polar surface area (TPSA) is 55.1 Å². The van der Waals surface area contributed by atoms with E-state index in [1.807, 2.05) is 12.1 Å². The maximum atomic E-state index is 12.4. The van der Waals surface area contributed by atoms with Crippen molar-refractivity contribution in [1.29, 1.82) is 0 Å². The second-order valence-electron chi connectivity index (χ2n) is 6.16. The van der Waals surface area contributed by atoms with Crippen LogP contribution in [0.4, 0.5) is 5.69 Å². The van der Waals surface area contributed by atoms with Crippen molar-refractivity contribution in [2.75, 3.05) is 11.9 Å². The van der Waals surface area contributed by atoms with Crippen molar-refractivity contribution in [3.63, 3.8) is 0 Å². The number of nitrogens with one attached hydrogen (secondary N) is 1. The summed E-state index contributed by atoms with van der Waals surface area (Å²) in [6, 6.07) is 8.17. The number of rotatable bonds is 4. The molecule has 0 aliphatic heterocycles. The number of benzene rings is 1. The molecule has 1 aromatic heterocycles. The molecule has 0 atom stereocenters. The van der Waals surface area contributed by atoms with Crippen LogP contribution in [0.3, 0.4) is 0 Å². The molecule has 0 bridgehead atoms. The number of hydrogen-bond acceptors (Lipinski definition) is 3. The monoisotopic (exact) mass is 302 g/mol. The molecule has 21 heavy (non-hydrogen) atoms. The van der Waals surface area contributed by atoms with Crippen LogP contribution >= 0.6 is 11.3 Å². The summed E-state index contributed by atoms with van der Waals surface area (Å²) >= 11 is 1.72. The zero-order valence-electron chi connectivity index (χ0n) is 12.2. The molecule has 0 unspecified atom stereocenters. The fraction of sp³-hybridized carbons (Fsp3) is 0.471. The van der Waals surface area contributed by atoms with Crippen LogP contribution in [0.5, 0.6) is 0 Å². The van der Waals surface area contributed by atoms with Gasteiger partial charge in [-0.15, -0.1) is 11.3 Å². The Labute approximate surface area is 129 Å². The number of fused-ring (bicyclic) bond motifs is 1. The Morgan fingerprint density at radius 1 is 1.24 bits per heavy atom. The molecule has 1 amide bonds. The molecule has 1 aromatic carbocycles. The third kappa shape index (κ3) is 3.27. The smallest absolute Gasteiger partial charge is 0.224 e. The van der Waals surface area contributed by atoms with Gasteiger partial charge in [-0.05, 0) is 59.8 Å². The quantitative estimate of drug-likeness (QED) is 0.892. The maximum Gasteiger partial charge on any atom is 0.224 e. The lowest BCUT2D eigenvalue weighted by atomic mass is 9.71. The Kier molecular flexibility index (Phi) is 4.27. The zero-order valence-corrected chi connectivity index (χ0v) is 13.0. The van der Waals surface area contributed by atoms with Crippen molar-refractivity contribution in [2.45, 2.75) is 38.5 Å². The molecule has 4 heteroatoms. The van der Waals surface area contributed by atoms with E-state index in [1.54, 1.807) is 11.3 Å². The molecule has 1 aliphatic carbocycles. The predicted octanol–water partition coefficient (Wildman–Crippen LogP) is 4.14. The van der Waals surface area contributed by atoms with Crippen LogP contribution in [0.15, 0.2) is 29.6 Å². The summed E-state index contributed by atoms with van der Waals surface area (Å²) in [4.78, 5) is 12.4. The largest absolute Gasteiger partial charge is 0.330 e. The van der Waals surface area contributed by atoms with E-state index < -0.39 is 0 Å². The number of thiophene rings is 1. The first kappa shape index (κ1) is 14.5. The molecule has 1 fully saturated rings. The van der Waals surface area contributed by atoms with Crippen molar-refractivity contribution < 1.29 is 4.79 Å². The van der Waals surface area contributed by atoms with Crippen molar-refractivity contribution in [2.24, 2.45) is 11.1 Å². The van der Waals surface area contributed by atoms with Crippen LogP contribution in [0.2, 0.25) is 0 Å².